The summed E-state index contributed by atoms with van der Waals surface area (Å²) in [7, 11) is 0. The fourth-order valence-corrected chi connectivity index (χ4v) is 5.67. The van der Waals surface area contributed by atoms with Crippen LogP contribution in [0.2, 0.25) is 0 Å². The van der Waals surface area contributed by atoms with Crippen molar-refractivity contribution in [1.82, 2.24) is 34.8 Å². The number of carbonyl (C=O) groups is 2. The lowest BCUT2D eigenvalue weighted by molar-refractivity contribution is 0.0303. The first kappa shape index (κ1) is 27.4. The molecule has 3 N–H and O–H groups in total. The summed E-state index contributed by atoms with van der Waals surface area (Å²) in [5.74, 6) is 0.928. The third-order valence-electron chi connectivity index (χ3n) is 7.95. The van der Waals surface area contributed by atoms with Crippen LogP contribution >= 0.6 is 0 Å². The second-order valence-electron chi connectivity index (χ2n) is 10.9. The normalized spacial score (nSPS) is 17.0. The summed E-state index contributed by atoms with van der Waals surface area (Å²) in [6.07, 6.45) is 3.12. The number of aromatic amines is 1. The highest BCUT2D eigenvalue weighted by atomic mass is 16.5. The number of benzene rings is 2. The van der Waals surface area contributed by atoms with Gasteiger partial charge in [0.1, 0.15) is 5.69 Å². The maximum absolute atomic E-state index is 13.1. The van der Waals surface area contributed by atoms with Gasteiger partial charge in [-0.15, -0.1) is 4.52 Å². The first-order valence-corrected chi connectivity index (χ1v) is 14.6. The molecule has 0 radical (unpaired) electrons. The van der Waals surface area contributed by atoms with Crippen molar-refractivity contribution in [3.8, 4) is 0 Å². The summed E-state index contributed by atoms with van der Waals surface area (Å²) >= 11 is 0. The van der Waals surface area contributed by atoms with Crippen LogP contribution in [-0.2, 0) is 4.74 Å². The molecule has 13 heteroatoms. The Labute approximate surface area is 252 Å². The number of aromatic nitrogens is 5. The first-order valence-electron chi connectivity index (χ1n) is 14.6. The molecular weight excluding hydrogens is 560 g/mol. The van der Waals surface area contributed by atoms with Crippen LogP contribution in [0.25, 0.3) is 21.4 Å². The van der Waals surface area contributed by atoms with E-state index in [1.54, 1.807) is 17.0 Å². The standard InChI is InChI=1S/C31H30N10O3/c1-32-26-18-33-28-27(34-22-10-8-20(9-11-22)30(43)39-13-15-44-16-14-39)37-31(38-41(26)28)40-12-4-6-23(19-40)35-29(42)25-17-21-5-2-3-7-24(21)36-25/h2-3,5,7-11,17-18,23,36H,4,6,12-16,19H2,(H,35,42)(H,34,37,38)/t23-/m1/s1. The summed E-state index contributed by atoms with van der Waals surface area (Å²) in [6.45, 7) is 11.1. The number of morpholine rings is 1. The van der Waals surface area contributed by atoms with Gasteiger partial charge < -0.3 is 35.0 Å². The average Bonchev–Trinajstić information content (AvgIpc) is 3.70. The van der Waals surface area contributed by atoms with Gasteiger partial charge in [0.2, 0.25) is 5.82 Å². The molecule has 2 aliphatic heterocycles. The van der Waals surface area contributed by atoms with Crippen LogP contribution in [0.1, 0.15) is 33.7 Å². The summed E-state index contributed by atoms with van der Waals surface area (Å²) < 4.78 is 6.84. The van der Waals surface area contributed by atoms with Crippen molar-refractivity contribution in [3.05, 3.63) is 83.5 Å². The molecular formula is C31H30N10O3. The zero-order valence-electron chi connectivity index (χ0n) is 23.9. The van der Waals surface area contributed by atoms with Gasteiger partial charge >= 0.3 is 0 Å². The SMILES string of the molecule is [C-]#[N+]c1cnc2c(Nc3ccc(C(=O)N4CCOCC4)cc3)nc(N3CCC[C@@H](NC(=O)c4cc5ccccc5[nH]4)C3)nn12. The van der Waals surface area contributed by atoms with E-state index < -0.39 is 0 Å². The van der Waals surface area contributed by atoms with Crippen molar-refractivity contribution < 1.29 is 14.3 Å². The minimum atomic E-state index is -0.160. The molecule has 222 valence electrons. The number of ether oxygens (including phenoxy) is 1. The molecule has 44 heavy (non-hydrogen) atoms. The number of piperidine rings is 1. The molecule has 0 spiro atoms. The van der Waals surface area contributed by atoms with E-state index in [9.17, 15) is 9.59 Å². The third kappa shape index (κ3) is 5.38. The number of H-pyrrole nitrogens is 1. The molecule has 2 amide bonds. The van der Waals surface area contributed by atoms with Crippen molar-refractivity contribution in [3.63, 3.8) is 0 Å². The summed E-state index contributed by atoms with van der Waals surface area (Å²) in [5.41, 5.74) is 3.15. The lowest BCUT2D eigenvalue weighted by atomic mass is 10.1. The van der Waals surface area contributed by atoms with Gasteiger partial charge in [-0.2, -0.15) is 4.98 Å². The Morgan fingerprint density at radius 1 is 1.07 bits per heavy atom. The highest BCUT2D eigenvalue weighted by Crippen LogP contribution is 2.27. The van der Waals surface area contributed by atoms with Gasteiger partial charge in [0, 0.05) is 54.4 Å². The smallest absolute Gasteiger partial charge is 0.275 e. The van der Waals surface area contributed by atoms with Gasteiger partial charge in [0.15, 0.2) is 0 Å². The van der Waals surface area contributed by atoms with E-state index in [1.165, 1.54) is 10.7 Å². The molecule has 2 fully saturated rings. The first-order chi connectivity index (χ1) is 21.6. The minimum Gasteiger partial charge on any atom is -0.378 e. The van der Waals surface area contributed by atoms with Gasteiger partial charge in [-0.05, 0) is 49.2 Å². The molecule has 2 saturated heterocycles. The fourth-order valence-electron chi connectivity index (χ4n) is 5.67. The van der Waals surface area contributed by atoms with Crippen LogP contribution in [0.3, 0.4) is 0 Å². The average molecular weight is 591 g/mol. The molecule has 7 rings (SSSR count). The number of nitrogens with zero attached hydrogens (tertiary/aromatic N) is 7. The van der Waals surface area contributed by atoms with E-state index in [4.69, 9.17) is 16.3 Å². The predicted octanol–water partition coefficient (Wildman–Crippen LogP) is 3.77. The highest BCUT2D eigenvalue weighted by molar-refractivity contribution is 5.98. The van der Waals surface area contributed by atoms with Crippen LogP contribution < -0.4 is 15.5 Å². The number of rotatable bonds is 6. The summed E-state index contributed by atoms with van der Waals surface area (Å²) in [6, 6.07) is 16.7. The van der Waals surface area contributed by atoms with Crippen LogP contribution in [-0.4, -0.2) is 86.7 Å². The number of amides is 2. The van der Waals surface area contributed by atoms with E-state index in [-0.39, 0.29) is 23.7 Å². The molecule has 0 saturated carbocycles. The highest BCUT2D eigenvalue weighted by Gasteiger charge is 2.27. The zero-order chi connectivity index (χ0) is 30.0. The van der Waals surface area contributed by atoms with Crippen LogP contribution in [0.4, 0.5) is 23.3 Å². The van der Waals surface area contributed by atoms with Crippen molar-refractivity contribution in [1.29, 1.82) is 0 Å². The number of anilines is 3. The van der Waals surface area contributed by atoms with E-state index in [2.05, 4.69) is 30.5 Å². The molecule has 0 unspecified atom stereocenters. The lowest BCUT2D eigenvalue weighted by Crippen LogP contribution is -2.48. The van der Waals surface area contributed by atoms with E-state index >= 15 is 0 Å². The zero-order valence-corrected chi connectivity index (χ0v) is 23.9. The quantitative estimate of drug-likeness (QED) is 0.254. The van der Waals surface area contributed by atoms with E-state index in [1.807, 2.05) is 47.4 Å². The van der Waals surface area contributed by atoms with Crippen molar-refractivity contribution in [2.24, 2.45) is 0 Å². The monoisotopic (exact) mass is 590 g/mol. The van der Waals surface area contributed by atoms with Gasteiger partial charge in [-0.3, -0.25) is 9.59 Å². The molecule has 2 aliphatic rings. The lowest BCUT2D eigenvalue weighted by Gasteiger charge is -2.32. The van der Waals surface area contributed by atoms with Crippen LogP contribution in [0.5, 0.6) is 0 Å². The third-order valence-corrected chi connectivity index (χ3v) is 7.95. The molecule has 0 aliphatic carbocycles. The number of para-hydroxylation sites is 1. The maximum atomic E-state index is 13.1. The largest absolute Gasteiger partial charge is 0.378 e. The number of imidazole rings is 1. The summed E-state index contributed by atoms with van der Waals surface area (Å²) in [5, 5.41) is 12.1. The molecule has 5 aromatic rings. The Hall–Kier alpha value is -5.48. The van der Waals surface area contributed by atoms with Gasteiger partial charge in [-0.1, -0.05) is 29.9 Å². The number of carbonyl (C=O) groups excluding carboxylic acids is 2. The predicted molar refractivity (Wildman–Crippen MR) is 164 cm³/mol. The fraction of sp³-hybridized carbons (Fsp3) is 0.290. The van der Waals surface area contributed by atoms with E-state index in [0.29, 0.717) is 73.8 Å². The van der Waals surface area contributed by atoms with Crippen LogP contribution in [0, 0.1) is 6.57 Å². The molecule has 5 heterocycles. The summed E-state index contributed by atoms with van der Waals surface area (Å²) in [4.78, 5) is 45.7. The molecule has 3 aromatic heterocycles. The molecule has 13 nitrogen and oxygen atoms in total. The Morgan fingerprint density at radius 2 is 1.89 bits per heavy atom. The molecule has 0 bridgehead atoms. The Morgan fingerprint density at radius 3 is 2.68 bits per heavy atom. The number of nitrogens with one attached hydrogen (secondary N) is 3. The van der Waals surface area contributed by atoms with Crippen molar-refractivity contribution >= 4 is 51.6 Å². The Balaban J connectivity index is 1.10. The van der Waals surface area contributed by atoms with Gasteiger partial charge in [0.05, 0.1) is 19.4 Å². The van der Waals surface area contributed by atoms with Gasteiger partial charge in [0.25, 0.3) is 29.2 Å². The maximum Gasteiger partial charge on any atom is 0.275 e. The molecule has 1 atom stereocenters. The molecule has 2 aromatic carbocycles. The van der Waals surface area contributed by atoms with Crippen molar-refractivity contribution in [2.45, 2.75) is 18.9 Å². The second-order valence-corrected chi connectivity index (χ2v) is 10.9. The van der Waals surface area contributed by atoms with Crippen molar-refractivity contribution in [2.75, 3.05) is 49.6 Å². The second kappa shape index (κ2) is 11.7. The Kier molecular flexibility index (Phi) is 7.25. The minimum absolute atomic E-state index is 0.0298. The Bertz CT molecular complexity index is 1850. The van der Waals surface area contributed by atoms with Gasteiger partial charge in [-0.25, -0.2) is 4.98 Å². The van der Waals surface area contributed by atoms with Crippen LogP contribution in [0.15, 0.2) is 60.8 Å². The number of hydrogen-bond donors (Lipinski definition) is 3. The topological polar surface area (TPSA) is 137 Å². The van der Waals surface area contributed by atoms with E-state index in [0.717, 1.165) is 23.7 Å². The number of hydrogen-bond acceptors (Lipinski definition) is 8. The number of fused-ring (bicyclic) bond motifs is 2.